The van der Waals surface area contributed by atoms with E-state index in [2.05, 4.69) is 4.98 Å². The van der Waals surface area contributed by atoms with Crippen LogP contribution in [0, 0.1) is 12.7 Å². The van der Waals surface area contributed by atoms with Gasteiger partial charge in [-0.25, -0.2) is 4.39 Å². The molecule has 2 rings (SSSR count). The van der Waals surface area contributed by atoms with Gasteiger partial charge in [0.25, 0.3) is 0 Å². The number of pyridine rings is 1. The predicted molar refractivity (Wildman–Crippen MR) is 71.0 cm³/mol. The Bertz CT molecular complexity index is 646. The van der Waals surface area contributed by atoms with Crippen LogP contribution in [0.15, 0.2) is 36.5 Å². The van der Waals surface area contributed by atoms with E-state index in [1.54, 1.807) is 13.8 Å². The normalized spacial score (nSPS) is 14.8. The van der Waals surface area contributed by atoms with E-state index in [-0.39, 0.29) is 0 Å². The summed E-state index contributed by atoms with van der Waals surface area (Å²) < 4.78 is 50.9. The molecular formula is C15H14F4N2. The first kappa shape index (κ1) is 15.4. The molecule has 0 amide bonds. The van der Waals surface area contributed by atoms with Crippen LogP contribution in [0.3, 0.4) is 0 Å². The van der Waals surface area contributed by atoms with Crippen molar-refractivity contribution in [1.82, 2.24) is 4.98 Å². The minimum Gasteiger partial charge on any atom is -0.317 e. The van der Waals surface area contributed by atoms with Crippen LogP contribution in [0.5, 0.6) is 0 Å². The lowest BCUT2D eigenvalue weighted by Gasteiger charge is -2.27. The van der Waals surface area contributed by atoms with Crippen molar-refractivity contribution in [3.05, 3.63) is 64.7 Å². The van der Waals surface area contributed by atoms with Crippen molar-refractivity contribution in [3.63, 3.8) is 0 Å². The highest BCUT2D eigenvalue weighted by molar-refractivity contribution is 5.41. The van der Waals surface area contributed by atoms with Crippen LogP contribution in [0.25, 0.3) is 0 Å². The molecule has 1 atom stereocenters. The molecule has 0 aliphatic heterocycles. The Balaban J connectivity index is 2.47. The minimum absolute atomic E-state index is 0.381. The Morgan fingerprint density at radius 1 is 1.10 bits per heavy atom. The second-order valence-corrected chi connectivity index (χ2v) is 5.09. The highest BCUT2D eigenvalue weighted by Crippen LogP contribution is 2.34. The zero-order chi connectivity index (χ0) is 15.8. The first-order chi connectivity index (χ1) is 9.62. The van der Waals surface area contributed by atoms with E-state index in [9.17, 15) is 17.6 Å². The summed E-state index contributed by atoms with van der Waals surface area (Å²) in [5, 5.41) is 0. The average molecular weight is 298 g/mol. The molecule has 0 aliphatic carbocycles. The number of aromatic nitrogens is 1. The fourth-order valence-electron chi connectivity index (χ4n) is 2.24. The maximum absolute atomic E-state index is 12.9. The second-order valence-electron chi connectivity index (χ2n) is 5.09. The van der Waals surface area contributed by atoms with Crippen molar-refractivity contribution in [2.45, 2.75) is 25.6 Å². The van der Waals surface area contributed by atoms with Crippen LogP contribution in [-0.4, -0.2) is 4.98 Å². The van der Waals surface area contributed by atoms with Gasteiger partial charge in [0.05, 0.1) is 23.0 Å². The molecule has 6 heteroatoms. The van der Waals surface area contributed by atoms with Crippen LogP contribution < -0.4 is 5.73 Å². The number of alkyl halides is 3. The van der Waals surface area contributed by atoms with E-state index in [1.165, 1.54) is 18.2 Å². The molecule has 112 valence electrons. The lowest BCUT2D eigenvalue weighted by atomic mass is 9.85. The summed E-state index contributed by atoms with van der Waals surface area (Å²) in [6.45, 7) is 3.18. The van der Waals surface area contributed by atoms with E-state index in [1.807, 2.05) is 0 Å². The van der Waals surface area contributed by atoms with Crippen molar-refractivity contribution in [1.29, 1.82) is 0 Å². The first-order valence-corrected chi connectivity index (χ1v) is 6.21. The number of rotatable bonds is 2. The van der Waals surface area contributed by atoms with Crippen LogP contribution in [-0.2, 0) is 11.7 Å². The molecule has 1 aromatic heterocycles. The Morgan fingerprint density at radius 3 is 2.24 bits per heavy atom. The molecule has 0 aliphatic rings. The standard InChI is InChI=1S/C15H14F4N2/c1-9-7-10(15(17,18)19)3-5-12(9)14(2,20)13-6-4-11(16)8-21-13/h3-8H,20H2,1-2H3. The maximum Gasteiger partial charge on any atom is 0.416 e. The third-order valence-corrected chi connectivity index (χ3v) is 3.37. The SMILES string of the molecule is Cc1cc(C(F)(F)F)ccc1C(C)(N)c1ccc(F)cn1. The molecule has 1 heterocycles. The first-order valence-electron chi connectivity index (χ1n) is 6.21. The molecule has 0 bridgehead atoms. The zero-order valence-electron chi connectivity index (χ0n) is 11.5. The summed E-state index contributed by atoms with van der Waals surface area (Å²) in [6, 6.07) is 6.00. The third kappa shape index (κ3) is 3.05. The van der Waals surface area contributed by atoms with E-state index >= 15 is 0 Å². The number of hydrogen-bond donors (Lipinski definition) is 1. The van der Waals surface area contributed by atoms with Crippen molar-refractivity contribution in [3.8, 4) is 0 Å². The molecule has 2 N–H and O–H groups in total. The van der Waals surface area contributed by atoms with Crippen molar-refractivity contribution in [2.24, 2.45) is 5.73 Å². The van der Waals surface area contributed by atoms with Gasteiger partial charge >= 0.3 is 6.18 Å². The summed E-state index contributed by atoms with van der Waals surface area (Å²) >= 11 is 0. The van der Waals surface area contributed by atoms with Crippen molar-refractivity contribution in [2.75, 3.05) is 0 Å². The number of halogens is 4. The molecule has 0 fully saturated rings. The molecule has 2 aromatic rings. The minimum atomic E-state index is -4.40. The Morgan fingerprint density at radius 2 is 1.76 bits per heavy atom. The maximum atomic E-state index is 12.9. The fraction of sp³-hybridized carbons (Fsp3) is 0.267. The number of aryl methyl sites for hydroxylation is 1. The van der Waals surface area contributed by atoms with Crippen LogP contribution >= 0.6 is 0 Å². The molecule has 0 saturated carbocycles. The van der Waals surface area contributed by atoms with Gasteiger partial charge in [-0.05, 0) is 49.2 Å². The topological polar surface area (TPSA) is 38.9 Å². The van der Waals surface area contributed by atoms with E-state index in [0.717, 1.165) is 18.3 Å². The van der Waals surface area contributed by atoms with Crippen molar-refractivity contribution >= 4 is 0 Å². The van der Waals surface area contributed by atoms with E-state index in [0.29, 0.717) is 16.8 Å². The number of hydrogen-bond acceptors (Lipinski definition) is 2. The monoisotopic (exact) mass is 298 g/mol. The number of nitrogens with two attached hydrogens (primary N) is 1. The van der Waals surface area contributed by atoms with Crippen LogP contribution in [0.2, 0.25) is 0 Å². The molecule has 1 aromatic carbocycles. The summed E-state index contributed by atoms with van der Waals surface area (Å²) in [7, 11) is 0. The van der Waals surface area contributed by atoms with Gasteiger partial charge in [0.1, 0.15) is 5.82 Å². The van der Waals surface area contributed by atoms with Gasteiger partial charge in [-0.1, -0.05) is 6.07 Å². The Labute approximate surface area is 119 Å². The van der Waals surface area contributed by atoms with Crippen molar-refractivity contribution < 1.29 is 17.6 Å². The van der Waals surface area contributed by atoms with Gasteiger partial charge in [0.15, 0.2) is 0 Å². The lowest BCUT2D eigenvalue weighted by molar-refractivity contribution is -0.137. The highest BCUT2D eigenvalue weighted by Gasteiger charge is 2.33. The van der Waals surface area contributed by atoms with Gasteiger partial charge in [-0.2, -0.15) is 13.2 Å². The average Bonchev–Trinajstić information content (AvgIpc) is 2.37. The quantitative estimate of drug-likeness (QED) is 0.857. The van der Waals surface area contributed by atoms with Crippen LogP contribution in [0.1, 0.15) is 29.3 Å². The number of nitrogens with zero attached hydrogens (tertiary/aromatic N) is 1. The Kier molecular flexibility index (Phi) is 3.76. The summed E-state index contributed by atoms with van der Waals surface area (Å²) in [5.74, 6) is -0.501. The predicted octanol–water partition coefficient (Wildman–Crippen LogP) is 3.77. The number of benzene rings is 1. The summed E-state index contributed by atoms with van der Waals surface area (Å²) in [5.41, 5.74) is 5.66. The van der Waals surface area contributed by atoms with E-state index in [4.69, 9.17) is 5.73 Å². The largest absolute Gasteiger partial charge is 0.416 e. The van der Waals surface area contributed by atoms with Gasteiger partial charge in [0, 0.05) is 0 Å². The fourth-order valence-corrected chi connectivity index (χ4v) is 2.24. The molecule has 2 nitrogen and oxygen atoms in total. The van der Waals surface area contributed by atoms with Gasteiger partial charge in [-0.15, -0.1) is 0 Å². The second kappa shape index (κ2) is 5.11. The molecular weight excluding hydrogens is 284 g/mol. The van der Waals surface area contributed by atoms with Crippen LogP contribution in [0.4, 0.5) is 17.6 Å². The molecule has 21 heavy (non-hydrogen) atoms. The van der Waals surface area contributed by atoms with E-state index < -0.39 is 23.1 Å². The summed E-state index contributed by atoms with van der Waals surface area (Å²) in [6.07, 6.45) is -3.37. The molecule has 0 saturated heterocycles. The van der Waals surface area contributed by atoms with Gasteiger partial charge < -0.3 is 5.73 Å². The summed E-state index contributed by atoms with van der Waals surface area (Å²) in [4.78, 5) is 3.92. The lowest BCUT2D eigenvalue weighted by Crippen LogP contribution is -2.36. The van der Waals surface area contributed by atoms with Gasteiger partial charge in [-0.3, -0.25) is 4.98 Å². The highest BCUT2D eigenvalue weighted by atomic mass is 19.4. The Hall–Kier alpha value is -1.95. The zero-order valence-corrected chi connectivity index (χ0v) is 11.5. The molecule has 1 unspecified atom stereocenters. The molecule has 0 spiro atoms. The molecule has 0 radical (unpaired) electrons. The van der Waals surface area contributed by atoms with Gasteiger partial charge in [0.2, 0.25) is 0 Å². The smallest absolute Gasteiger partial charge is 0.317 e. The third-order valence-electron chi connectivity index (χ3n) is 3.37.